The highest BCUT2D eigenvalue weighted by molar-refractivity contribution is 5.70. The van der Waals surface area contributed by atoms with Gasteiger partial charge in [-0.05, 0) is 43.4 Å². The summed E-state index contributed by atoms with van der Waals surface area (Å²) in [5.41, 5.74) is 2.83. The Labute approximate surface area is 145 Å². The number of carbonyl (C=O) groups excluding carboxylic acids is 2. The zero-order valence-corrected chi connectivity index (χ0v) is 13.8. The Morgan fingerprint density at radius 1 is 1.08 bits per heavy atom. The van der Waals surface area contributed by atoms with E-state index in [1.807, 2.05) is 36.1 Å². The quantitative estimate of drug-likeness (QED) is 0.817. The van der Waals surface area contributed by atoms with Gasteiger partial charge >= 0.3 is 5.97 Å². The molecule has 1 atom stereocenters. The molecule has 2 aliphatic rings. The van der Waals surface area contributed by atoms with Crippen LogP contribution >= 0.6 is 0 Å². The number of nitrogens with one attached hydrogen (secondary N) is 1. The van der Waals surface area contributed by atoms with Crippen LogP contribution in [0.5, 0.6) is 0 Å². The number of carboxylic acid groups (broad SMARTS) is 1. The number of piperidine rings is 2. The van der Waals surface area contributed by atoms with E-state index in [0.717, 1.165) is 24.3 Å². The summed E-state index contributed by atoms with van der Waals surface area (Å²) in [5, 5.41) is 11.9. The van der Waals surface area contributed by atoms with Crippen molar-refractivity contribution < 1.29 is 19.5 Å². The van der Waals surface area contributed by atoms with Crippen LogP contribution < -0.4 is 10.2 Å². The molecule has 0 aliphatic carbocycles. The molecule has 2 heterocycles. The lowest BCUT2D eigenvalue weighted by molar-refractivity contribution is -0.142. The van der Waals surface area contributed by atoms with E-state index in [1.54, 1.807) is 0 Å². The Bertz CT molecular complexity index is 750. The van der Waals surface area contributed by atoms with Crippen molar-refractivity contribution in [3.63, 3.8) is 0 Å². The predicted octanol–water partition coefficient (Wildman–Crippen LogP) is 1.89. The first-order valence-corrected chi connectivity index (χ1v) is 8.46. The molecule has 3 rings (SSSR count). The summed E-state index contributed by atoms with van der Waals surface area (Å²) in [7, 11) is 0. The first kappa shape index (κ1) is 17.0. The molecule has 2 aliphatic heterocycles. The Kier molecular flexibility index (Phi) is 5.03. The number of hydrogen-bond acceptors (Lipinski definition) is 5. The molecule has 6 heteroatoms. The van der Waals surface area contributed by atoms with E-state index in [0.29, 0.717) is 37.1 Å². The Balaban J connectivity index is 1.69. The van der Waals surface area contributed by atoms with Gasteiger partial charge in [0.05, 0.1) is 5.92 Å². The highest BCUT2D eigenvalue weighted by Crippen LogP contribution is 2.33. The second-order valence-electron chi connectivity index (χ2n) is 6.50. The lowest BCUT2D eigenvalue weighted by Gasteiger charge is -2.32. The van der Waals surface area contributed by atoms with Crippen molar-refractivity contribution in [1.29, 1.82) is 0 Å². The van der Waals surface area contributed by atoms with Gasteiger partial charge in [0.15, 0.2) is 0 Å². The molecule has 0 amide bonds. The van der Waals surface area contributed by atoms with Gasteiger partial charge in [0.25, 0.3) is 0 Å². The zero-order chi connectivity index (χ0) is 17.8. The summed E-state index contributed by atoms with van der Waals surface area (Å²) in [6.07, 6.45) is 2.54. The monoisotopic (exact) mass is 340 g/mol. The molecule has 6 nitrogen and oxygen atoms in total. The van der Waals surface area contributed by atoms with E-state index in [-0.39, 0.29) is 11.8 Å². The fourth-order valence-electron chi connectivity index (χ4n) is 3.55. The fourth-order valence-corrected chi connectivity index (χ4v) is 3.55. The minimum absolute atomic E-state index is 0.0959. The third kappa shape index (κ3) is 3.66. The van der Waals surface area contributed by atoms with Gasteiger partial charge in [0.1, 0.15) is 23.3 Å². The second kappa shape index (κ2) is 7.39. The van der Waals surface area contributed by atoms with Crippen LogP contribution in [0.3, 0.4) is 0 Å². The summed E-state index contributed by atoms with van der Waals surface area (Å²) in [5.74, 6) is 2.66. The van der Waals surface area contributed by atoms with E-state index in [9.17, 15) is 14.4 Å². The van der Waals surface area contributed by atoms with Gasteiger partial charge in [-0.25, -0.2) is 9.59 Å². The molecule has 25 heavy (non-hydrogen) atoms. The molecule has 1 unspecified atom stereocenters. The molecule has 0 radical (unpaired) electrons. The maximum absolute atomic E-state index is 11.2. The molecule has 2 N–H and O–H groups in total. The molecule has 0 spiro atoms. The highest BCUT2D eigenvalue weighted by Gasteiger charge is 2.26. The first-order valence-electron chi connectivity index (χ1n) is 8.46. The number of nitrogens with zero attached hydrogens (tertiary/aromatic N) is 1. The van der Waals surface area contributed by atoms with E-state index in [2.05, 4.69) is 10.2 Å². The van der Waals surface area contributed by atoms with Crippen molar-refractivity contribution in [2.45, 2.75) is 31.6 Å². The lowest BCUT2D eigenvalue weighted by Crippen LogP contribution is -2.36. The van der Waals surface area contributed by atoms with E-state index in [1.165, 1.54) is 0 Å². The average Bonchev–Trinajstić information content (AvgIpc) is 2.67. The molecule has 2 saturated heterocycles. The fraction of sp³-hybridized carbons (Fsp3) is 0.421. The van der Waals surface area contributed by atoms with Crippen LogP contribution in [0.25, 0.3) is 0 Å². The standard InChI is InChI=1S/C19H20N2O4/c22-11-15-3-6-17(18(12-23)20-15)13-1-4-16(5-2-13)21-9-7-14(8-10-21)19(24)25/h1-2,4-5,14,17,20H,3,6-10H2,(H,24,25). The van der Waals surface area contributed by atoms with Gasteiger partial charge in [0, 0.05) is 24.7 Å². The SMILES string of the molecule is O=C=C1CCC(c2ccc(N3CCC(C(=O)O)CC3)cc2)C(=C=O)N1. The van der Waals surface area contributed by atoms with Crippen molar-refractivity contribution in [3.05, 3.63) is 41.2 Å². The van der Waals surface area contributed by atoms with Crippen molar-refractivity contribution in [2.24, 2.45) is 5.92 Å². The smallest absolute Gasteiger partial charge is 0.306 e. The summed E-state index contributed by atoms with van der Waals surface area (Å²) in [6.45, 7) is 1.46. The first-order chi connectivity index (χ1) is 12.1. The molecule has 1 aromatic carbocycles. The van der Waals surface area contributed by atoms with E-state index >= 15 is 0 Å². The van der Waals surface area contributed by atoms with Gasteiger partial charge in [-0.3, -0.25) is 4.79 Å². The summed E-state index contributed by atoms with van der Waals surface area (Å²) in [4.78, 5) is 35.1. The molecule has 2 fully saturated rings. The van der Waals surface area contributed by atoms with Crippen molar-refractivity contribution in [1.82, 2.24) is 5.32 Å². The average molecular weight is 340 g/mol. The molecule has 0 saturated carbocycles. The molecule has 130 valence electrons. The van der Waals surface area contributed by atoms with Crippen LogP contribution in [-0.4, -0.2) is 36.0 Å². The largest absolute Gasteiger partial charge is 0.481 e. The van der Waals surface area contributed by atoms with Crippen LogP contribution in [0.15, 0.2) is 35.7 Å². The molecular formula is C19H20N2O4. The van der Waals surface area contributed by atoms with Gasteiger partial charge in [-0.15, -0.1) is 0 Å². The third-order valence-electron chi connectivity index (χ3n) is 5.05. The summed E-state index contributed by atoms with van der Waals surface area (Å²) in [6, 6.07) is 7.98. The minimum Gasteiger partial charge on any atom is -0.481 e. The van der Waals surface area contributed by atoms with Crippen LogP contribution in [0.2, 0.25) is 0 Å². The Hall–Kier alpha value is -2.81. The lowest BCUT2D eigenvalue weighted by atomic mass is 9.87. The number of anilines is 1. The maximum atomic E-state index is 11.2. The molecule has 0 bridgehead atoms. The maximum Gasteiger partial charge on any atom is 0.306 e. The van der Waals surface area contributed by atoms with E-state index < -0.39 is 5.97 Å². The van der Waals surface area contributed by atoms with E-state index in [4.69, 9.17) is 5.11 Å². The molecule has 0 aromatic heterocycles. The second-order valence-corrected chi connectivity index (χ2v) is 6.50. The topological polar surface area (TPSA) is 86.7 Å². The molecular weight excluding hydrogens is 320 g/mol. The Morgan fingerprint density at radius 2 is 1.76 bits per heavy atom. The predicted molar refractivity (Wildman–Crippen MR) is 92.5 cm³/mol. The third-order valence-corrected chi connectivity index (χ3v) is 5.05. The Morgan fingerprint density at radius 3 is 2.32 bits per heavy atom. The van der Waals surface area contributed by atoms with Gasteiger partial charge in [-0.1, -0.05) is 12.1 Å². The number of hydrogen-bond donors (Lipinski definition) is 2. The number of carboxylic acids is 1. The van der Waals surface area contributed by atoms with Crippen molar-refractivity contribution >= 4 is 23.5 Å². The number of allylic oxidation sites excluding steroid dienone is 2. The van der Waals surface area contributed by atoms with Gasteiger partial charge < -0.3 is 15.3 Å². The number of carbonyl (C=O) groups is 1. The molecule has 1 aromatic rings. The van der Waals surface area contributed by atoms with Gasteiger partial charge in [-0.2, -0.15) is 0 Å². The summed E-state index contributed by atoms with van der Waals surface area (Å²) < 4.78 is 0. The number of benzene rings is 1. The van der Waals surface area contributed by atoms with Crippen LogP contribution in [0, 0.1) is 5.92 Å². The number of rotatable bonds is 3. The van der Waals surface area contributed by atoms with Crippen molar-refractivity contribution in [3.8, 4) is 0 Å². The number of aliphatic carboxylic acids is 1. The highest BCUT2D eigenvalue weighted by atomic mass is 16.4. The van der Waals surface area contributed by atoms with Crippen molar-refractivity contribution in [2.75, 3.05) is 18.0 Å². The summed E-state index contributed by atoms with van der Waals surface area (Å²) >= 11 is 0. The minimum atomic E-state index is -0.711. The van der Waals surface area contributed by atoms with Crippen LogP contribution in [0.4, 0.5) is 5.69 Å². The normalized spacial score (nSPS) is 21.3. The zero-order valence-electron chi connectivity index (χ0n) is 13.8. The van der Waals surface area contributed by atoms with Gasteiger partial charge in [0.2, 0.25) is 0 Å². The van der Waals surface area contributed by atoms with Crippen LogP contribution in [0.1, 0.15) is 37.2 Å². The van der Waals surface area contributed by atoms with Crippen LogP contribution in [-0.2, 0) is 14.4 Å².